The van der Waals surface area contributed by atoms with Gasteiger partial charge < -0.3 is 20.1 Å². The van der Waals surface area contributed by atoms with E-state index in [-0.39, 0.29) is 38.6 Å². The van der Waals surface area contributed by atoms with E-state index in [1.807, 2.05) is 0 Å². The topological polar surface area (TPSA) is 134 Å². The van der Waals surface area contributed by atoms with Crippen LogP contribution in [0.3, 0.4) is 0 Å². The molecule has 0 saturated carbocycles. The largest absolute Gasteiger partial charge is 0.472 e. The molecule has 3 N–H and O–H groups in total. The summed E-state index contributed by atoms with van der Waals surface area (Å²) < 4.78 is 33.0. The van der Waals surface area contributed by atoms with E-state index in [9.17, 15) is 19.0 Å². The number of phosphoric ester groups is 1. The van der Waals surface area contributed by atoms with E-state index >= 15 is 0 Å². The smallest absolute Gasteiger partial charge is 0.462 e. The number of ether oxygens (including phenoxy) is 2. The molecule has 0 aliphatic carbocycles. The first-order valence-corrected chi connectivity index (χ1v) is 29.6. The van der Waals surface area contributed by atoms with Crippen LogP contribution in [-0.2, 0) is 32.7 Å². The molecule has 392 valence electrons. The third-order valence-corrected chi connectivity index (χ3v) is 13.2. The molecule has 67 heavy (non-hydrogen) atoms. The average molecular weight is 964 g/mol. The molecule has 10 heteroatoms. The van der Waals surface area contributed by atoms with Crippen LogP contribution in [0.15, 0.2) is 48.6 Å². The van der Waals surface area contributed by atoms with Crippen LogP contribution in [0.5, 0.6) is 0 Å². The molecule has 0 rings (SSSR count). The third-order valence-electron chi connectivity index (χ3n) is 12.2. The van der Waals surface area contributed by atoms with Gasteiger partial charge in [-0.3, -0.25) is 18.6 Å². The highest BCUT2D eigenvalue weighted by molar-refractivity contribution is 7.47. The maximum Gasteiger partial charge on any atom is 0.472 e. The van der Waals surface area contributed by atoms with Crippen molar-refractivity contribution < 1.29 is 37.6 Å². The molecule has 0 spiro atoms. The highest BCUT2D eigenvalue weighted by Gasteiger charge is 2.26. The highest BCUT2D eigenvalue weighted by Crippen LogP contribution is 2.43. The van der Waals surface area contributed by atoms with Crippen molar-refractivity contribution in [2.75, 3.05) is 26.4 Å². The zero-order valence-corrected chi connectivity index (χ0v) is 44.5. The van der Waals surface area contributed by atoms with E-state index in [4.69, 9.17) is 24.3 Å². The molecule has 0 bridgehead atoms. The maximum absolute atomic E-state index is 12.7. The van der Waals surface area contributed by atoms with E-state index in [2.05, 4.69) is 62.5 Å². The van der Waals surface area contributed by atoms with E-state index in [1.54, 1.807) is 0 Å². The Morgan fingerprint density at radius 3 is 1.16 bits per heavy atom. The Morgan fingerprint density at radius 2 is 0.776 bits per heavy atom. The van der Waals surface area contributed by atoms with Gasteiger partial charge in [0.2, 0.25) is 0 Å². The van der Waals surface area contributed by atoms with Gasteiger partial charge in [-0.25, -0.2) is 4.57 Å². The third kappa shape index (κ3) is 53.2. The van der Waals surface area contributed by atoms with Crippen molar-refractivity contribution in [3.63, 3.8) is 0 Å². The lowest BCUT2D eigenvalue weighted by molar-refractivity contribution is -0.161. The second kappa shape index (κ2) is 53.3. The highest BCUT2D eigenvalue weighted by atomic mass is 31.2. The zero-order chi connectivity index (χ0) is 48.8. The summed E-state index contributed by atoms with van der Waals surface area (Å²) in [5.74, 6) is -0.825. The normalized spacial score (nSPS) is 13.4. The predicted molar refractivity (Wildman–Crippen MR) is 284 cm³/mol. The van der Waals surface area contributed by atoms with Gasteiger partial charge in [0, 0.05) is 19.4 Å². The summed E-state index contributed by atoms with van der Waals surface area (Å²) in [7, 11) is -4.39. The van der Waals surface area contributed by atoms with Gasteiger partial charge in [0.25, 0.3) is 0 Å². The molecule has 0 aliphatic rings. The van der Waals surface area contributed by atoms with Gasteiger partial charge in [-0.1, -0.05) is 229 Å². The summed E-state index contributed by atoms with van der Waals surface area (Å²) in [5.41, 5.74) is 5.38. The number of carbonyl (C=O) groups is 2. The van der Waals surface area contributed by atoms with Gasteiger partial charge in [0.15, 0.2) is 6.10 Å². The van der Waals surface area contributed by atoms with Crippen molar-refractivity contribution in [3.05, 3.63) is 48.6 Å². The van der Waals surface area contributed by atoms with Gasteiger partial charge in [0.05, 0.1) is 13.2 Å². The number of rotatable bonds is 53. The molecule has 0 radical (unpaired) electrons. The van der Waals surface area contributed by atoms with Gasteiger partial charge in [0.1, 0.15) is 6.61 Å². The van der Waals surface area contributed by atoms with Crippen molar-refractivity contribution in [3.8, 4) is 0 Å². The van der Waals surface area contributed by atoms with Gasteiger partial charge in [-0.2, -0.15) is 0 Å². The number of hydrogen-bond acceptors (Lipinski definition) is 8. The van der Waals surface area contributed by atoms with Gasteiger partial charge in [-0.05, 0) is 77.0 Å². The minimum atomic E-state index is -4.39. The lowest BCUT2D eigenvalue weighted by Gasteiger charge is -2.19. The van der Waals surface area contributed by atoms with Crippen LogP contribution in [0.1, 0.15) is 271 Å². The van der Waals surface area contributed by atoms with Crippen LogP contribution in [0.2, 0.25) is 0 Å². The quantitative estimate of drug-likeness (QED) is 0.0264. The summed E-state index contributed by atoms with van der Waals surface area (Å²) in [4.78, 5) is 35.1. The Bertz CT molecular complexity index is 1240. The fourth-order valence-electron chi connectivity index (χ4n) is 7.99. The zero-order valence-electron chi connectivity index (χ0n) is 43.6. The molecule has 2 atom stereocenters. The lowest BCUT2D eigenvalue weighted by atomic mass is 10.0. The molecule has 0 aliphatic heterocycles. The van der Waals surface area contributed by atoms with Crippen molar-refractivity contribution >= 4 is 19.8 Å². The number of hydrogen-bond donors (Lipinski definition) is 2. The number of carbonyl (C=O) groups excluding carboxylic acids is 2. The second-order valence-corrected chi connectivity index (χ2v) is 20.3. The maximum atomic E-state index is 12.7. The minimum absolute atomic E-state index is 0.0526. The summed E-state index contributed by atoms with van der Waals surface area (Å²) in [6.45, 7) is 3.75. The van der Waals surface area contributed by atoms with Crippen molar-refractivity contribution in [2.45, 2.75) is 277 Å². The lowest BCUT2D eigenvalue weighted by Crippen LogP contribution is -2.29. The first-order chi connectivity index (χ1) is 32.8. The van der Waals surface area contributed by atoms with Crippen molar-refractivity contribution in [1.29, 1.82) is 0 Å². The number of nitrogens with two attached hydrogens (primary N) is 1. The predicted octanol–water partition coefficient (Wildman–Crippen LogP) is 17.4. The Kier molecular flexibility index (Phi) is 51.7. The molecule has 0 aromatic carbocycles. The van der Waals surface area contributed by atoms with E-state index in [1.165, 1.54) is 173 Å². The first-order valence-electron chi connectivity index (χ1n) is 28.1. The summed E-state index contributed by atoms with van der Waals surface area (Å²) in [6.07, 6.45) is 64.5. The van der Waals surface area contributed by atoms with Crippen LogP contribution in [-0.4, -0.2) is 49.3 Å². The van der Waals surface area contributed by atoms with Crippen LogP contribution < -0.4 is 5.73 Å². The fraction of sp³-hybridized carbons (Fsp3) is 0.825. The average Bonchev–Trinajstić information content (AvgIpc) is 3.32. The number of unbranched alkanes of at least 4 members (excludes halogenated alkanes) is 32. The minimum Gasteiger partial charge on any atom is -0.462 e. The molecule has 0 aromatic rings. The Morgan fingerprint density at radius 1 is 0.448 bits per heavy atom. The molecule has 0 aromatic heterocycles. The Labute approximate surface area is 413 Å². The molecule has 2 unspecified atom stereocenters. The van der Waals surface area contributed by atoms with E-state index < -0.39 is 26.5 Å². The summed E-state index contributed by atoms with van der Waals surface area (Å²) >= 11 is 0. The summed E-state index contributed by atoms with van der Waals surface area (Å²) in [5, 5.41) is 0. The van der Waals surface area contributed by atoms with Gasteiger partial charge >= 0.3 is 19.8 Å². The molecular weight excluding hydrogens is 858 g/mol. The molecular formula is C57H106NO8P. The van der Waals surface area contributed by atoms with E-state index in [0.29, 0.717) is 6.42 Å². The summed E-state index contributed by atoms with van der Waals surface area (Å²) in [6, 6.07) is 0. The first kappa shape index (κ1) is 65.0. The molecule has 9 nitrogen and oxygen atoms in total. The monoisotopic (exact) mass is 964 g/mol. The fourth-order valence-corrected chi connectivity index (χ4v) is 8.76. The van der Waals surface area contributed by atoms with Crippen LogP contribution in [0.25, 0.3) is 0 Å². The molecule has 0 heterocycles. The van der Waals surface area contributed by atoms with Crippen LogP contribution in [0.4, 0.5) is 0 Å². The number of esters is 2. The standard InChI is InChI=1S/C57H106NO8P/c1-3-5-7-9-11-13-15-17-19-21-22-23-24-25-26-27-28-29-30-31-32-34-36-38-40-42-44-46-48-50-57(60)66-55(54-65-67(61,62)64-52-51-58)53-63-56(59)49-47-45-43-41-39-37-35-33-20-18-16-14-12-10-8-6-4-2/h15,17-18,20-22,24-25,55H,3-14,16,19,23,26-54,58H2,1-2H3,(H,61,62)/b17-15-,20-18-,22-21-,25-24-. The number of phosphoric acid groups is 1. The Hall–Kier alpha value is -2.03. The second-order valence-electron chi connectivity index (χ2n) is 18.8. The van der Waals surface area contributed by atoms with Crippen molar-refractivity contribution in [1.82, 2.24) is 0 Å². The van der Waals surface area contributed by atoms with Gasteiger partial charge in [-0.15, -0.1) is 0 Å². The molecule has 0 fully saturated rings. The van der Waals surface area contributed by atoms with Crippen LogP contribution in [0, 0.1) is 0 Å². The van der Waals surface area contributed by atoms with E-state index in [0.717, 1.165) is 64.2 Å². The van der Waals surface area contributed by atoms with Crippen molar-refractivity contribution in [2.24, 2.45) is 5.73 Å². The SMILES string of the molecule is CCCCCCC/C=C\C/C=C\C/C=C\CCCCCCCCCCCCCCCCC(=O)OC(COC(=O)CCCCCCCCC/C=C\CCCCCCCC)COP(=O)(O)OCCN. The van der Waals surface area contributed by atoms with Crippen LogP contribution >= 0.6 is 7.82 Å². The number of allylic oxidation sites excluding steroid dienone is 8. The molecule has 0 amide bonds. The Balaban J connectivity index is 3.96. The molecule has 0 saturated heterocycles.